The monoisotopic (exact) mass is 394 g/mol. The molecule has 0 N–H and O–H groups in total. The second kappa shape index (κ2) is 8.27. The van der Waals surface area contributed by atoms with E-state index >= 15 is 0 Å². The number of carbonyl (C=O) groups excluding carboxylic acids is 1. The van der Waals surface area contributed by atoms with Crippen molar-refractivity contribution >= 4 is 39.0 Å². The standard InChI is InChI=1S/C20H17F3OS2/c21-20(22,23)25-13-16(10-11-17(24)14-6-2-1-3-7-14)19-12-15-8-4-5-9-18(15)26-19/h1-9,12,16H,10-11,13H2. The van der Waals surface area contributed by atoms with E-state index in [9.17, 15) is 18.0 Å². The number of halogens is 3. The molecule has 0 saturated carbocycles. The van der Waals surface area contributed by atoms with Crippen molar-refractivity contribution in [1.82, 2.24) is 0 Å². The molecule has 3 aromatic rings. The predicted molar refractivity (Wildman–Crippen MR) is 103 cm³/mol. The number of alkyl halides is 3. The quantitative estimate of drug-likeness (QED) is 0.405. The first-order valence-corrected chi connectivity index (χ1v) is 10.00. The highest BCUT2D eigenvalue weighted by atomic mass is 32.2. The summed E-state index contributed by atoms with van der Waals surface area (Å²) in [4.78, 5) is 13.2. The number of hydrogen-bond donors (Lipinski definition) is 0. The highest BCUT2D eigenvalue weighted by Gasteiger charge is 2.30. The number of fused-ring (bicyclic) bond motifs is 1. The van der Waals surface area contributed by atoms with Gasteiger partial charge < -0.3 is 0 Å². The van der Waals surface area contributed by atoms with Gasteiger partial charge in [0.25, 0.3) is 0 Å². The number of carbonyl (C=O) groups is 1. The third kappa shape index (κ3) is 5.11. The molecule has 0 aliphatic carbocycles. The van der Waals surface area contributed by atoms with Crippen molar-refractivity contribution in [2.75, 3.05) is 5.75 Å². The first-order chi connectivity index (χ1) is 12.4. The second-order valence-electron chi connectivity index (χ2n) is 5.97. The Kier molecular flexibility index (Phi) is 6.04. The van der Waals surface area contributed by atoms with E-state index in [-0.39, 0.29) is 35.6 Å². The van der Waals surface area contributed by atoms with Crippen LogP contribution in [0.3, 0.4) is 0 Å². The summed E-state index contributed by atoms with van der Waals surface area (Å²) in [5.41, 5.74) is -3.66. The van der Waals surface area contributed by atoms with E-state index in [2.05, 4.69) is 0 Å². The zero-order valence-electron chi connectivity index (χ0n) is 13.8. The van der Waals surface area contributed by atoms with Crippen molar-refractivity contribution in [1.29, 1.82) is 0 Å². The fourth-order valence-electron chi connectivity index (χ4n) is 2.78. The molecule has 1 atom stereocenters. The Balaban J connectivity index is 1.75. The van der Waals surface area contributed by atoms with E-state index in [1.165, 1.54) is 11.3 Å². The number of Topliss-reactive ketones (excluding diaryl/α,β-unsaturated/α-hetero) is 1. The summed E-state index contributed by atoms with van der Waals surface area (Å²) in [5, 5.41) is 1.03. The van der Waals surface area contributed by atoms with Crippen LogP contribution in [0.15, 0.2) is 60.7 Å². The van der Waals surface area contributed by atoms with E-state index in [4.69, 9.17) is 0 Å². The topological polar surface area (TPSA) is 17.1 Å². The minimum Gasteiger partial charge on any atom is -0.294 e. The summed E-state index contributed by atoms with van der Waals surface area (Å²) < 4.78 is 39.2. The summed E-state index contributed by atoms with van der Waals surface area (Å²) in [6, 6.07) is 18.6. The molecule has 0 spiro atoms. The van der Waals surface area contributed by atoms with Gasteiger partial charge in [-0.2, -0.15) is 13.2 Å². The Hall–Kier alpha value is -1.79. The molecule has 3 rings (SSSR count). The lowest BCUT2D eigenvalue weighted by atomic mass is 9.98. The van der Waals surface area contributed by atoms with Gasteiger partial charge in [0.1, 0.15) is 0 Å². The van der Waals surface area contributed by atoms with Crippen molar-refractivity contribution in [2.45, 2.75) is 24.3 Å². The highest BCUT2D eigenvalue weighted by molar-refractivity contribution is 8.00. The molecule has 26 heavy (non-hydrogen) atoms. The zero-order chi connectivity index (χ0) is 18.6. The van der Waals surface area contributed by atoms with Gasteiger partial charge in [-0.25, -0.2) is 0 Å². The van der Waals surface area contributed by atoms with Gasteiger partial charge in [0.2, 0.25) is 0 Å². The van der Waals surface area contributed by atoms with E-state index < -0.39 is 5.51 Å². The smallest absolute Gasteiger partial charge is 0.294 e. The first kappa shape index (κ1) is 19.0. The maximum Gasteiger partial charge on any atom is 0.441 e. The average Bonchev–Trinajstić information content (AvgIpc) is 3.05. The van der Waals surface area contributed by atoms with Crippen molar-refractivity contribution in [2.24, 2.45) is 0 Å². The summed E-state index contributed by atoms with van der Waals surface area (Å²) in [6.07, 6.45) is 0.644. The third-order valence-corrected chi connectivity index (χ3v) is 6.29. The van der Waals surface area contributed by atoms with Crippen LogP contribution in [0.1, 0.15) is 34.0 Å². The van der Waals surface area contributed by atoms with Gasteiger partial charge in [-0.1, -0.05) is 60.3 Å². The summed E-state index contributed by atoms with van der Waals surface area (Å²) in [5.74, 6) is -0.404. The molecule has 0 aliphatic heterocycles. The Morgan fingerprint density at radius 2 is 1.73 bits per heavy atom. The molecule has 0 fully saturated rings. The normalized spacial score (nSPS) is 13.0. The fraction of sp³-hybridized carbons (Fsp3) is 0.250. The number of hydrogen-bond acceptors (Lipinski definition) is 3. The molecular formula is C20H17F3OS2. The Labute approximate surface area is 158 Å². The van der Waals surface area contributed by atoms with Gasteiger partial charge in [0, 0.05) is 33.2 Å². The van der Waals surface area contributed by atoms with Crippen LogP contribution in [0, 0.1) is 0 Å². The Morgan fingerprint density at radius 1 is 1.04 bits per heavy atom. The summed E-state index contributed by atoms with van der Waals surface area (Å²) >= 11 is 1.50. The van der Waals surface area contributed by atoms with Gasteiger partial charge in [-0.15, -0.1) is 11.3 Å². The van der Waals surface area contributed by atoms with Gasteiger partial charge in [-0.3, -0.25) is 4.79 Å². The van der Waals surface area contributed by atoms with E-state index in [1.807, 2.05) is 36.4 Å². The molecule has 1 nitrogen and oxygen atoms in total. The minimum absolute atomic E-state index is 0.0107. The van der Waals surface area contributed by atoms with Crippen LogP contribution in [-0.2, 0) is 0 Å². The van der Waals surface area contributed by atoms with E-state index in [0.717, 1.165) is 15.0 Å². The number of benzene rings is 2. The molecule has 0 radical (unpaired) electrons. The Bertz CT molecular complexity index is 838. The van der Waals surface area contributed by atoms with Crippen molar-refractivity contribution < 1.29 is 18.0 Å². The molecule has 0 amide bonds. The minimum atomic E-state index is -4.27. The SMILES string of the molecule is O=C(CCC(CSC(F)(F)F)c1cc2ccccc2s1)c1ccccc1. The van der Waals surface area contributed by atoms with Crippen LogP contribution in [0.2, 0.25) is 0 Å². The van der Waals surface area contributed by atoms with Gasteiger partial charge >= 0.3 is 5.51 Å². The van der Waals surface area contributed by atoms with Crippen LogP contribution in [0.4, 0.5) is 13.2 Å². The largest absolute Gasteiger partial charge is 0.441 e. The van der Waals surface area contributed by atoms with Gasteiger partial charge in [0.05, 0.1) is 0 Å². The molecule has 2 aromatic carbocycles. The molecular weight excluding hydrogens is 377 g/mol. The predicted octanol–water partition coefficient (Wildman–Crippen LogP) is 6.90. The molecule has 6 heteroatoms. The number of thiophene rings is 1. The lowest BCUT2D eigenvalue weighted by Crippen LogP contribution is -2.10. The Morgan fingerprint density at radius 3 is 2.42 bits per heavy atom. The van der Waals surface area contributed by atoms with Crippen LogP contribution < -0.4 is 0 Å². The lowest BCUT2D eigenvalue weighted by Gasteiger charge is -2.16. The molecule has 0 bridgehead atoms. The van der Waals surface area contributed by atoms with Gasteiger partial charge in [0.15, 0.2) is 5.78 Å². The van der Waals surface area contributed by atoms with Crippen LogP contribution >= 0.6 is 23.1 Å². The zero-order valence-corrected chi connectivity index (χ0v) is 15.5. The number of thioether (sulfide) groups is 1. The molecule has 0 saturated heterocycles. The molecule has 0 aliphatic rings. The summed E-state index contributed by atoms with van der Waals surface area (Å²) in [6.45, 7) is 0. The molecule has 136 valence electrons. The lowest BCUT2D eigenvalue weighted by molar-refractivity contribution is -0.0328. The van der Waals surface area contributed by atoms with Crippen LogP contribution in [0.25, 0.3) is 10.1 Å². The molecule has 1 aromatic heterocycles. The van der Waals surface area contributed by atoms with Crippen LogP contribution in [0.5, 0.6) is 0 Å². The van der Waals surface area contributed by atoms with Crippen molar-refractivity contribution in [3.63, 3.8) is 0 Å². The molecule has 1 unspecified atom stereocenters. The van der Waals surface area contributed by atoms with Crippen LogP contribution in [-0.4, -0.2) is 17.0 Å². The van der Waals surface area contributed by atoms with E-state index in [0.29, 0.717) is 12.0 Å². The summed E-state index contributed by atoms with van der Waals surface area (Å²) in [7, 11) is 0. The molecule has 1 heterocycles. The maximum absolute atomic E-state index is 12.7. The van der Waals surface area contributed by atoms with Crippen molar-refractivity contribution in [3.05, 3.63) is 71.1 Å². The first-order valence-electron chi connectivity index (χ1n) is 8.20. The van der Waals surface area contributed by atoms with Crippen molar-refractivity contribution in [3.8, 4) is 0 Å². The third-order valence-electron chi connectivity index (χ3n) is 4.11. The van der Waals surface area contributed by atoms with E-state index in [1.54, 1.807) is 24.3 Å². The number of ketones is 1. The highest BCUT2D eigenvalue weighted by Crippen LogP contribution is 2.39. The number of rotatable bonds is 7. The maximum atomic E-state index is 12.7. The van der Waals surface area contributed by atoms with Gasteiger partial charge in [-0.05, 0) is 23.9 Å². The fourth-order valence-corrected chi connectivity index (χ4v) is 4.82. The second-order valence-corrected chi connectivity index (χ2v) is 8.17. The average molecular weight is 394 g/mol.